The van der Waals surface area contributed by atoms with Crippen LogP contribution in [0.1, 0.15) is 92.5 Å². The van der Waals surface area contributed by atoms with Crippen LogP contribution in [-0.2, 0) is 16.0 Å². The predicted molar refractivity (Wildman–Crippen MR) is 215 cm³/mol. The molecule has 5 aliphatic rings. The van der Waals surface area contributed by atoms with E-state index in [0.717, 1.165) is 82.1 Å². The maximum absolute atomic E-state index is 13.4. The Kier molecular flexibility index (Phi) is 9.61. The number of piperazine rings is 1. The molecule has 3 fully saturated rings. The van der Waals surface area contributed by atoms with Crippen molar-refractivity contribution in [2.45, 2.75) is 63.3 Å². The zero-order valence-corrected chi connectivity index (χ0v) is 32.0. The third kappa shape index (κ3) is 6.74. The Labute approximate surface area is 328 Å². The van der Waals surface area contributed by atoms with Crippen molar-refractivity contribution in [3.05, 3.63) is 124 Å². The number of imide groups is 2. The minimum Gasteiger partial charge on any atom is -0.508 e. The fraction of sp³-hybridized carbons (Fsp3) is 0.391. The summed E-state index contributed by atoms with van der Waals surface area (Å²) in [4.78, 5) is 59.1. The van der Waals surface area contributed by atoms with Crippen LogP contribution >= 0.6 is 0 Å². The maximum Gasteiger partial charge on any atom is 0.262 e. The fourth-order valence-corrected chi connectivity index (χ4v) is 10.1. The quantitative estimate of drug-likeness (QED) is 0.221. The Morgan fingerprint density at radius 2 is 1.46 bits per heavy atom. The van der Waals surface area contributed by atoms with E-state index in [4.69, 9.17) is 0 Å². The molecule has 0 saturated carbocycles. The molecule has 0 radical (unpaired) electrons. The maximum atomic E-state index is 13.4. The molecule has 4 aromatic carbocycles. The van der Waals surface area contributed by atoms with Crippen LogP contribution in [0.3, 0.4) is 0 Å². The van der Waals surface area contributed by atoms with Crippen LogP contribution in [0.2, 0.25) is 0 Å². The summed E-state index contributed by atoms with van der Waals surface area (Å²) >= 11 is 0. The number of benzene rings is 4. The van der Waals surface area contributed by atoms with Gasteiger partial charge >= 0.3 is 0 Å². The summed E-state index contributed by atoms with van der Waals surface area (Å²) in [5.41, 5.74) is 9.49. The number of anilines is 2. The van der Waals surface area contributed by atoms with Gasteiger partial charge in [-0.05, 0) is 115 Å². The lowest BCUT2D eigenvalue weighted by atomic mass is 9.69. The molecule has 3 saturated heterocycles. The Morgan fingerprint density at radius 1 is 0.696 bits per heavy atom. The van der Waals surface area contributed by atoms with Crippen LogP contribution in [0, 0.1) is 12.8 Å². The van der Waals surface area contributed by atoms with Crippen molar-refractivity contribution >= 4 is 35.0 Å². The van der Waals surface area contributed by atoms with Gasteiger partial charge in [0.15, 0.2) is 0 Å². The first kappa shape index (κ1) is 36.2. The highest BCUT2D eigenvalue weighted by molar-refractivity contribution is 6.23. The Balaban J connectivity index is 0.802. The molecule has 1 unspecified atom stereocenters. The number of aromatic hydroxyl groups is 1. The smallest absolute Gasteiger partial charge is 0.262 e. The van der Waals surface area contributed by atoms with Crippen molar-refractivity contribution < 1.29 is 24.3 Å². The van der Waals surface area contributed by atoms with E-state index in [0.29, 0.717) is 28.7 Å². The summed E-state index contributed by atoms with van der Waals surface area (Å²) in [7, 11) is 0. The highest BCUT2D eigenvalue weighted by Crippen LogP contribution is 2.47. The first-order valence-electron chi connectivity index (χ1n) is 20.3. The molecule has 4 amide bonds. The van der Waals surface area contributed by atoms with Crippen LogP contribution in [0.5, 0.6) is 5.75 Å². The van der Waals surface area contributed by atoms with Crippen molar-refractivity contribution in [2.75, 3.05) is 55.6 Å². The van der Waals surface area contributed by atoms with Crippen LogP contribution in [0.4, 0.5) is 11.4 Å². The Bertz CT molecular complexity index is 2190. The van der Waals surface area contributed by atoms with Gasteiger partial charge in [0, 0.05) is 69.5 Å². The lowest BCUT2D eigenvalue weighted by Gasteiger charge is -2.40. The second-order valence-corrected chi connectivity index (χ2v) is 16.4. The van der Waals surface area contributed by atoms with Gasteiger partial charge in [0.1, 0.15) is 11.8 Å². The monoisotopic (exact) mass is 751 g/mol. The number of hydrogen-bond donors (Lipinski definition) is 2. The number of aryl methyl sites for hydroxylation is 2. The second kappa shape index (κ2) is 14.9. The minimum atomic E-state index is -0.959. The number of hydrogen-bond acceptors (Lipinski definition) is 8. The van der Waals surface area contributed by atoms with Gasteiger partial charge in [-0.3, -0.25) is 34.3 Å². The normalized spacial score (nSPS) is 23.3. The van der Waals surface area contributed by atoms with Crippen LogP contribution in [0.25, 0.3) is 0 Å². The van der Waals surface area contributed by atoms with E-state index in [1.165, 1.54) is 33.5 Å². The summed E-state index contributed by atoms with van der Waals surface area (Å²) in [6.45, 7) is 8.95. The molecule has 56 heavy (non-hydrogen) atoms. The van der Waals surface area contributed by atoms with Gasteiger partial charge in [0.2, 0.25) is 11.8 Å². The summed E-state index contributed by atoms with van der Waals surface area (Å²) in [6.07, 6.45) is 4.58. The number of carbonyl (C=O) groups excluding carboxylic acids is 4. The highest BCUT2D eigenvalue weighted by Gasteiger charge is 2.45. The van der Waals surface area contributed by atoms with E-state index < -0.39 is 23.8 Å². The van der Waals surface area contributed by atoms with Crippen LogP contribution in [-0.4, -0.2) is 90.4 Å². The number of nitrogens with zero attached hydrogens (tertiary/aromatic N) is 4. The van der Waals surface area contributed by atoms with Gasteiger partial charge in [0.25, 0.3) is 11.8 Å². The van der Waals surface area contributed by atoms with Crippen molar-refractivity contribution in [3.63, 3.8) is 0 Å². The Hall–Kier alpha value is -5.48. The topological polar surface area (TPSA) is 114 Å². The third-order valence-electron chi connectivity index (χ3n) is 13.0. The van der Waals surface area contributed by atoms with Gasteiger partial charge in [-0.25, -0.2) is 0 Å². The van der Waals surface area contributed by atoms with Crippen molar-refractivity contribution in [1.82, 2.24) is 15.1 Å². The minimum absolute atomic E-state index is 0.104. The molecule has 4 aromatic rings. The largest absolute Gasteiger partial charge is 0.508 e. The predicted octanol–water partition coefficient (Wildman–Crippen LogP) is 6.00. The molecule has 2 N–H and O–H groups in total. The van der Waals surface area contributed by atoms with Crippen LogP contribution < -0.4 is 15.1 Å². The molecule has 4 heterocycles. The van der Waals surface area contributed by atoms with Gasteiger partial charge < -0.3 is 14.9 Å². The van der Waals surface area contributed by atoms with E-state index >= 15 is 0 Å². The summed E-state index contributed by atoms with van der Waals surface area (Å²) < 4.78 is 0. The molecule has 3 atom stereocenters. The van der Waals surface area contributed by atoms with Gasteiger partial charge in [-0.2, -0.15) is 0 Å². The average Bonchev–Trinajstić information content (AvgIpc) is 3.46. The number of phenolic OH excluding ortho intramolecular Hbond substituents is 1. The van der Waals surface area contributed by atoms with E-state index in [1.807, 2.05) is 18.2 Å². The SMILES string of the molecule is Cc1cc([C@@H]2c3ccc(O)cc3CC[C@@H]2c2ccccc2)ccc1N1CCC(CN2CCN(c3ccc4c(c3)C(=O)N(C3CCC(=O)NC3=O)C4=O)CC2)CC1. The number of nitrogens with one attached hydrogen (secondary N) is 1. The molecule has 10 nitrogen and oxygen atoms in total. The number of fused-ring (bicyclic) bond motifs is 2. The lowest BCUT2D eigenvalue weighted by molar-refractivity contribution is -0.136. The molecular formula is C46H49N5O5. The molecule has 1 aliphatic carbocycles. The third-order valence-corrected chi connectivity index (χ3v) is 13.0. The van der Waals surface area contributed by atoms with Crippen LogP contribution in [0.15, 0.2) is 84.9 Å². The average molecular weight is 752 g/mol. The Morgan fingerprint density at radius 3 is 2.21 bits per heavy atom. The summed E-state index contributed by atoms with van der Waals surface area (Å²) in [5, 5.41) is 12.5. The molecule has 0 bridgehead atoms. The molecule has 4 aliphatic heterocycles. The number of amides is 4. The van der Waals surface area contributed by atoms with Crippen molar-refractivity contribution in [2.24, 2.45) is 5.92 Å². The van der Waals surface area contributed by atoms with E-state index in [1.54, 1.807) is 12.1 Å². The zero-order valence-electron chi connectivity index (χ0n) is 32.0. The lowest BCUT2D eigenvalue weighted by Crippen LogP contribution is -2.54. The second-order valence-electron chi connectivity index (χ2n) is 16.4. The number of phenols is 1. The van der Waals surface area contributed by atoms with E-state index in [2.05, 4.69) is 81.5 Å². The molecule has 288 valence electrons. The van der Waals surface area contributed by atoms with E-state index in [9.17, 15) is 24.3 Å². The number of rotatable bonds is 7. The number of carbonyl (C=O) groups is 4. The first-order chi connectivity index (χ1) is 27.2. The molecule has 9 rings (SSSR count). The van der Waals surface area contributed by atoms with Crippen molar-refractivity contribution in [1.29, 1.82) is 0 Å². The fourth-order valence-electron chi connectivity index (χ4n) is 10.1. The van der Waals surface area contributed by atoms with Gasteiger partial charge in [-0.1, -0.05) is 48.5 Å². The zero-order chi connectivity index (χ0) is 38.5. The van der Waals surface area contributed by atoms with Gasteiger partial charge in [-0.15, -0.1) is 0 Å². The number of piperidine rings is 2. The molecular weight excluding hydrogens is 703 g/mol. The van der Waals surface area contributed by atoms with Gasteiger partial charge in [0.05, 0.1) is 11.1 Å². The first-order valence-corrected chi connectivity index (χ1v) is 20.3. The van der Waals surface area contributed by atoms with Crippen molar-refractivity contribution in [3.8, 4) is 5.75 Å². The molecule has 10 heteroatoms. The molecule has 0 aromatic heterocycles. The summed E-state index contributed by atoms with van der Waals surface area (Å²) in [5.74, 6) is -0.304. The standard InChI is InChI=1S/C46H49N5O5/c1-29-25-33(43-36(31-5-3-2-4-6-31)11-7-32-26-35(52)10-13-37(32)43)8-14-40(29)50-19-17-30(18-20-50)28-48-21-23-49(24-22-48)34-9-12-38-39(27-34)46(56)51(45(38)55)41-15-16-42(53)47-44(41)54/h2-6,8-10,12-14,25-27,30,36,41,43,52H,7,11,15-24,28H2,1H3,(H,47,53,54)/t36-,41?,43+/m1/s1. The highest BCUT2D eigenvalue weighted by atomic mass is 16.3. The van der Waals surface area contributed by atoms with E-state index in [-0.39, 0.29) is 24.7 Å². The summed E-state index contributed by atoms with van der Waals surface area (Å²) in [6, 6.07) is 28.4. The molecule has 0 spiro atoms.